The average Bonchev–Trinajstić information content (AvgIpc) is 2.91. The lowest BCUT2D eigenvalue weighted by molar-refractivity contribution is -0.139. The molecule has 0 aliphatic rings. The summed E-state index contributed by atoms with van der Waals surface area (Å²) in [5.41, 5.74) is 2.74. The van der Waals surface area contributed by atoms with Crippen molar-refractivity contribution in [3.8, 4) is 0 Å². The van der Waals surface area contributed by atoms with Crippen LogP contribution in [-0.4, -0.2) is 43.8 Å². The van der Waals surface area contributed by atoms with Gasteiger partial charge in [-0.1, -0.05) is 72.1 Å². The predicted octanol–water partition coefficient (Wildman–Crippen LogP) is 6.00. The molecule has 0 aliphatic carbocycles. The number of nitrogens with zero attached hydrogens (tertiary/aromatic N) is 2. The summed E-state index contributed by atoms with van der Waals surface area (Å²) in [5, 5.41) is 3.51. The lowest BCUT2D eigenvalue weighted by atomic mass is 10.1. The molecule has 0 aliphatic heterocycles. The summed E-state index contributed by atoms with van der Waals surface area (Å²) in [6.45, 7) is 8.58. The Kier molecular flexibility index (Phi) is 10.6. The molecule has 0 aromatic heterocycles. The maximum atomic E-state index is 14.0. The molecule has 1 atom stereocenters. The Morgan fingerprint density at radius 3 is 2.17 bits per heavy atom. The number of carbonyl (C=O) groups excluding carboxylic acids is 2. The number of amides is 2. The van der Waals surface area contributed by atoms with Gasteiger partial charge in [0.25, 0.3) is 10.0 Å². The summed E-state index contributed by atoms with van der Waals surface area (Å²) in [5.74, 6) is -0.899. The second kappa shape index (κ2) is 13.5. The van der Waals surface area contributed by atoms with E-state index in [1.165, 1.54) is 17.0 Å². The Bertz CT molecular complexity index is 1460. The van der Waals surface area contributed by atoms with E-state index >= 15 is 0 Å². The monoisotopic (exact) mass is 603 g/mol. The molecule has 0 saturated heterocycles. The highest BCUT2D eigenvalue weighted by atomic mass is 35.5. The van der Waals surface area contributed by atoms with Crippen LogP contribution >= 0.6 is 23.2 Å². The Labute approximate surface area is 247 Å². The molecule has 0 bridgehead atoms. The molecule has 3 aromatic carbocycles. The summed E-state index contributed by atoms with van der Waals surface area (Å²) in [6, 6.07) is 17.5. The van der Waals surface area contributed by atoms with Crippen LogP contribution in [0, 0.1) is 6.92 Å². The van der Waals surface area contributed by atoms with Crippen LogP contribution < -0.4 is 9.62 Å². The van der Waals surface area contributed by atoms with Gasteiger partial charge in [0, 0.05) is 12.6 Å². The lowest BCUT2D eigenvalue weighted by Gasteiger charge is -2.33. The number of halogens is 2. The van der Waals surface area contributed by atoms with Crippen molar-refractivity contribution < 1.29 is 18.0 Å². The quantitative estimate of drug-likeness (QED) is 0.291. The molecule has 1 unspecified atom stereocenters. The zero-order valence-electron chi connectivity index (χ0n) is 23.3. The van der Waals surface area contributed by atoms with E-state index in [2.05, 4.69) is 5.32 Å². The zero-order valence-corrected chi connectivity index (χ0v) is 25.6. The minimum Gasteiger partial charge on any atom is -0.352 e. The fourth-order valence-corrected chi connectivity index (χ4v) is 6.00. The van der Waals surface area contributed by atoms with Gasteiger partial charge in [-0.25, -0.2) is 8.42 Å². The molecule has 214 valence electrons. The molecule has 10 heteroatoms. The summed E-state index contributed by atoms with van der Waals surface area (Å²) in [7, 11) is -4.14. The van der Waals surface area contributed by atoms with Gasteiger partial charge >= 0.3 is 0 Å². The van der Waals surface area contributed by atoms with Crippen molar-refractivity contribution in [2.45, 2.75) is 64.6 Å². The van der Waals surface area contributed by atoms with Crippen LogP contribution in [-0.2, 0) is 32.6 Å². The normalized spacial score (nSPS) is 12.2. The molecule has 0 saturated carbocycles. The molecular weight excluding hydrogens is 569 g/mol. The number of carbonyl (C=O) groups is 2. The number of sulfonamides is 1. The van der Waals surface area contributed by atoms with Crippen LogP contribution in [0.5, 0.6) is 0 Å². The van der Waals surface area contributed by atoms with Gasteiger partial charge in [-0.3, -0.25) is 13.9 Å². The Morgan fingerprint density at radius 2 is 1.57 bits per heavy atom. The van der Waals surface area contributed by atoms with Gasteiger partial charge in [0.2, 0.25) is 11.8 Å². The Hall–Kier alpha value is -3.07. The van der Waals surface area contributed by atoms with Gasteiger partial charge in [0.15, 0.2) is 0 Å². The van der Waals surface area contributed by atoms with Crippen molar-refractivity contribution in [2.24, 2.45) is 0 Å². The maximum absolute atomic E-state index is 14.0. The van der Waals surface area contributed by atoms with E-state index in [-0.39, 0.29) is 23.4 Å². The molecule has 0 heterocycles. The van der Waals surface area contributed by atoms with Crippen molar-refractivity contribution in [3.05, 3.63) is 93.5 Å². The van der Waals surface area contributed by atoms with Crippen LogP contribution in [0.3, 0.4) is 0 Å². The van der Waals surface area contributed by atoms with Crippen LogP contribution in [0.1, 0.15) is 44.4 Å². The summed E-state index contributed by atoms with van der Waals surface area (Å²) >= 11 is 12.3. The summed E-state index contributed by atoms with van der Waals surface area (Å²) in [4.78, 5) is 28.5. The number of nitrogens with one attached hydrogen (secondary N) is 1. The van der Waals surface area contributed by atoms with E-state index in [9.17, 15) is 18.0 Å². The van der Waals surface area contributed by atoms with Crippen molar-refractivity contribution in [3.63, 3.8) is 0 Å². The van der Waals surface area contributed by atoms with Crippen molar-refractivity contribution >= 4 is 50.7 Å². The average molecular weight is 605 g/mol. The molecule has 1 N–H and O–H groups in total. The maximum Gasteiger partial charge on any atom is 0.264 e. The predicted molar refractivity (Wildman–Crippen MR) is 161 cm³/mol. The van der Waals surface area contributed by atoms with Crippen molar-refractivity contribution in [1.29, 1.82) is 0 Å². The van der Waals surface area contributed by atoms with E-state index in [1.807, 2.05) is 39.8 Å². The number of aryl methyl sites for hydroxylation is 2. The fourth-order valence-electron chi connectivity index (χ4n) is 4.23. The first kappa shape index (κ1) is 31.5. The SMILES string of the molecule is CCc1ccccc1N(CC(=O)N(Cc1ccc(Cl)c(Cl)c1)C(C)C(=O)NC(C)C)S(=O)(=O)c1ccc(C)cc1. The van der Waals surface area contributed by atoms with Gasteiger partial charge in [0.05, 0.1) is 20.6 Å². The smallest absolute Gasteiger partial charge is 0.264 e. The number of hydrogen-bond acceptors (Lipinski definition) is 4. The summed E-state index contributed by atoms with van der Waals surface area (Å²) in [6.07, 6.45) is 0.560. The number of rotatable bonds is 11. The van der Waals surface area contributed by atoms with Crippen LogP contribution in [0.4, 0.5) is 5.69 Å². The molecule has 0 radical (unpaired) electrons. The minimum absolute atomic E-state index is 0.0241. The van der Waals surface area contributed by atoms with Gasteiger partial charge in [-0.05, 0) is 75.6 Å². The standard InChI is InChI=1S/C30H35Cl2N3O4S/c1-6-24-9-7-8-10-28(24)35(40(38,39)25-14-11-21(4)12-15-25)19-29(36)34(22(5)30(37)33-20(2)3)18-23-13-16-26(31)27(32)17-23/h7-17,20,22H,6,18-19H2,1-5H3,(H,33,37). The topological polar surface area (TPSA) is 86.8 Å². The Balaban J connectivity index is 2.08. The summed E-state index contributed by atoms with van der Waals surface area (Å²) < 4.78 is 29.1. The third-order valence-electron chi connectivity index (χ3n) is 6.46. The molecule has 0 spiro atoms. The first-order chi connectivity index (χ1) is 18.8. The second-order valence-corrected chi connectivity index (χ2v) is 12.6. The van der Waals surface area contributed by atoms with Gasteiger partial charge in [-0.2, -0.15) is 0 Å². The Morgan fingerprint density at radius 1 is 0.925 bits per heavy atom. The fraction of sp³-hybridized carbons (Fsp3) is 0.333. The molecule has 3 rings (SSSR count). The highest BCUT2D eigenvalue weighted by Crippen LogP contribution is 2.29. The largest absolute Gasteiger partial charge is 0.352 e. The van der Waals surface area contributed by atoms with Gasteiger partial charge in [0.1, 0.15) is 12.6 Å². The van der Waals surface area contributed by atoms with Crippen LogP contribution in [0.2, 0.25) is 10.0 Å². The highest BCUT2D eigenvalue weighted by molar-refractivity contribution is 7.92. The number of para-hydroxylation sites is 1. The van der Waals surface area contributed by atoms with Gasteiger partial charge in [-0.15, -0.1) is 0 Å². The van der Waals surface area contributed by atoms with E-state index in [0.717, 1.165) is 15.4 Å². The molecular formula is C30H35Cl2N3O4S. The molecule has 2 amide bonds. The second-order valence-electron chi connectivity index (χ2n) is 9.92. The van der Waals surface area contributed by atoms with E-state index < -0.39 is 28.5 Å². The van der Waals surface area contributed by atoms with Crippen molar-refractivity contribution in [1.82, 2.24) is 10.2 Å². The molecule has 0 fully saturated rings. The first-order valence-electron chi connectivity index (χ1n) is 13.1. The van der Waals surface area contributed by atoms with Crippen LogP contribution in [0.25, 0.3) is 0 Å². The highest BCUT2D eigenvalue weighted by Gasteiger charge is 2.33. The van der Waals surface area contributed by atoms with E-state index in [0.29, 0.717) is 27.7 Å². The van der Waals surface area contributed by atoms with Crippen LogP contribution in [0.15, 0.2) is 71.6 Å². The lowest BCUT2D eigenvalue weighted by Crippen LogP contribution is -2.52. The third-order valence-corrected chi connectivity index (χ3v) is 8.98. The zero-order chi connectivity index (χ0) is 29.6. The number of hydrogen-bond donors (Lipinski definition) is 1. The minimum atomic E-state index is -4.14. The molecule has 3 aromatic rings. The van der Waals surface area contributed by atoms with Gasteiger partial charge < -0.3 is 10.2 Å². The number of benzene rings is 3. The van der Waals surface area contributed by atoms with Crippen molar-refractivity contribution in [2.75, 3.05) is 10.8 Å². The third kappa shape index (κ3) is 7.56. The van der Waals surface area contributed by atoms with E-state index in [1.54, 1.807) is 49.4 Å². The number of anilines is 1. The molecule has 40 heavy (non-hydrogen) atoms. The molecule has 7 nitrogen and oxygen atoms in total. The first-order valence-corrected chi connectivity index (χ1v) is 15.3. The van der Waals surface area contributed by atoms with E-state index in [4.69, 9.17) is 23.2 Å².